The maximum atomic E-state index is 12.1. The van der Waals surface area contributed by atoms with Crippen molar-refractivity contribution in [2.75, 3.05) is 12.3 Å². The summed E-state index contributed by atoms with van der Waals surface area (Å²) in [6.07, 6.45) is 4.66. The first kappa shape index (κ1) is 13.8. The molecular formula is C12H17BrN2O2S. The second-order valence-corrected chi connectivity index (χ2v) is 7.26. The molecule has 1 aliphatic rings. The number of nitrogens with two attached hydrogens (primary N) is 1. The van der Waals surface area contributed by atoms with E-state index in [9.17, 15) is 8.42 Å². The van der Waals surface area contributed by atoms with Crippen molar-refractivity contribution in [1.29, 1.82) is 0 Å². The highest BCUT2D eigenvalue weighted by molar-refractivity contribution is 9.10. The highest BCUT2D eigenvalue weighted by atomic mass is 79.9. The van der Waals surface area contributed by atoms with Crippen molar-refractivity contribution >= 4 is 31.6 Å². The van der Waals surface area contributed by atoms with Crippen LogP contribution in [0.2, 0.25) is 0 Å². The largest absolute Gasteiger partial charge is 0.399 e. The van der Waals surface area contributed by atoms with Gasteiger partial charge in [0.15, 0.2) is 0 Å². The van der Waals surface area contributed by atoms with E-state index in [2.05, 4.69) is 20.7 Å². The number of rotatable bonds is 5. The van der Waals surface area contributed by atoms with Gasteiger partial charge in [-0.15, -0.1) is 0 Å². The molecule has 0 saturated heterocycles. The minimum Gasteiger partial charge on any atom is -0.399 e. The van der Waals surface area contributed by atoms with E-state index in [1.54, 1.807) is 12.1 Å². The average Bonchev–Trinajstić information content (AvgIpc) is 2.21. The van der Waals surface area contributed by atoms with Crippen LogP contribution in [0.3, 0.4) is 0 Å². The summed E-state index contributed by atoms with van der Waals surface area (Å²) in [5, 5.41) is 0. The average molecular weight is 333 g/mol. The summed E-state index contributed by atoms with van der Waals surface area (Å²) >= 11 is 3.23. The number of anilines is 1. The Morgan fingerprint density at radius 1 is 1.39 bits per heavy atom. The zero-order valence-corrected chi connectivity index (χ0v) is 12.4. The molecule has 18 heavy (non-hydrogen) atoms. The first-order chi connectivity index (χ1) is 8.49. The van der Waals surface area contributed by atoms with Gasteiger partial charge in [0.25, 0.3) is 0 Å². The van der Waals surface area contributed by atoms with Gasteiger partial charge in [-0.2, -0.15) is 0 Å². The first-order valence-electron chi connectivity index (χ1n) is 6.04. The van der Waals surface area contributed by atoms with Crippen LogP contribution in [0.5, 0.6) is 0 Å². The fourth-order valence-electron chi connectivity index (χ4n) is 1.99. The summed E-state index contributed by atoms with van der Waals surface area (Å²) in [5.74, 6) is 0.697. The van der Waals surface area contributed by atoms with Gasteiger partial charge >= 0.3 is 0 Å². The first-order valence-corrected chi connectivity index (χ1v) is 8.31. The molecule has 4 nitrogen and oxygen atoms in total. The minimum absolute atomic E-state index is 0.241. The predicted molar refractivity (Wildman–Crippen MR) is 75.7 cm³/mol. The van der Waals surface area contributed by atoms with Gasteiger partial charge in [0.2, 0.25) is 10.0 Å². The highest BCUT2D eigenvalue weighted by Gasteiger charge is 2.20. The number of sulfonamides is 1. The Morgan fingerprint density at radius 2 is 2.11 bits per heavy atom. The zero-order chi connectivity index (χ0) is 13.2. The molecule has 3 N–H and O–H groups in total. The monoisotopic (exact) mass is 332 g/mol. The number of halogens is 1. The lowest BCUT2D eigenvalue weighted by Gasteiger charge is -2.25. The van der Waals surface area contributed by atoms with E-state index in [4.69, 9.17) is 5.73 Å². The molecule has 1 aromatic rings. The van der Waals surface area contributed by atoms with Crippen LogP contribution in [0.25, 0.3) is 0 Å². The maximum Gasteiger partial charge on any atom is 0.241 e. The number of nitrogens with one attached hydrogen (secondary N) is 1. The summed E-state index contributed by atoms with van der Waals surface area (Å²) in [6, 6.07) is 4.71. The van der Waals surface area contributed by atoms with Crippen LogP contribution in [0.15, 0.2) is 27.6 Å². The molecular weight excluding hydrogens is 316 g/mol. The zero-order valence-electron chi connectivity index (χ0n) is 10.0. The third-order valence-electron chi connectivity index (χ3n) is 3.31. The molecule has 0 aliphatic heterocycles. The number of hydrogen-bond donors (Lipinski definition) is 2. The highest BCUT2D eigenvalue weighted by Crippen LogP contribution is 2.29. The summed E-state index contributed by atoms with van der Waals surface area (Å²) in [7, 11) is -3.44. The number of nitrogen functional groups attached to an aromatic ring is 1. The lowest BCUT2D eigenvalue weighted by Crippen LogP contribution is -2.27. The Bertz CT molecular complexity index is 527. The molecule has 0 bridgehead atoms. The van der Waals surface area contributed by atoms with E-state index in [0.29, 0.717) is 22.6 Å². The van der Waals surface area contributed by atoms with Gasteiger partial charge in [-0.25, -0.2) is 13.1 Å². The Morgan fingerprint density at radius 3 is 2.67 bits per heavy atom. The van der Waals surface area contributed by atoms with Crippen LogP contribution in [-0.4, -0.2) is 15.0 Å². The molecule has 100 valence electrons. The van der Waals surface area contributed by atoms with Crippen molar-refractivity contribution in [1.82, 2.24) is 4.72 Å². The maximum absolute atomic E-state index is 12.1. The molecule has 1 saturated carbocycles. The lowest BCUT2D eigenvalue weighted by molar-refractivity contribution is 0.297. The molecule has 0 heterocycles. The van der Waals surface area contributed by atoms with E-state index in [-0.39, 0.29) is 4.90 Å². The molecule has 1 fully saturated rings. The molecule has 0 aromatic heterocycles. The lowest BCUT2D eigenvalue weighted by atomic mass is 9.83. The van der Waals surface area contributed by atoms with Crippen LogP contribution < -0.4 is 10.5 Å². The van der Waals surface area contributed by atoms with Crippen molar-refractivity contribution in [2.45, 2.75) is 30.6 Å². The fourth-order valence-corrected chi connectivity index (χ4v) is 4.13. The Labute approximate surface area is 116 Å². The summed E-state index contributed by atoms with van der Waals surface area (Å²) in [6.45, 7) is 0.504. The van der Waals surface area contributed by atoms with E-state index in [1.807, 2.05) is 0 Å². The summed E-state index contributed by atoms with van der Waals surface area (Å²) in [5.41, 5.74) is 6.13. The quantitative estimate of drug-likeness (QED) is 0.813. The number of hydrogen-bond acceptors (Lipinski definition) is 3. The molecule has 1 aromatic carbocycles. The SMILES string of the molecule is Nc1ccc(S(=O)(=O)NCCC2CCC2)c(Br)c1. The normalized spacial score (nSPS) is 16.5. The second-order valence-electron chi connectivity index (χ2n) is 4.67. The predicted octanol–water partition coefficient (Wildman–Crippen LogP) is 2.50. The molecule has 1 aliphatic carbocycles. The van der Waals surface area contributed by atoms with Gasteiger partial charge in [0.05, 0.1) is 4.90 Å². The minimum atomic E-state index is -3.44. The van der Waals surface area contributed by atoms with Gasteiger partial charge in [-0.1, -0.05) is 19.3 Å². The van der Waals surface area contributed by atoms with E-state index in [0.717, 1.165) is 6.42 Å². The van der Waals surface area contributed by atoms with Crippen LogP contribution in [0.4, 0.5) is 5.69 Å². The fraction of sp³-hybridized carbons (Fsp3) is 0.500. The third-order valence-corrected chi connectivity index (χ3v) is 5.75. The number of benzene rings is 1. The van der Waals surface area contributed by atoms with Gasteiger partial charge in [0.1, 0.15) is 0 Å². The summed E-state index contributed by atoms with van der Waals surface area (Å²) < 4.78 is 27.3. The van der Waals surface area contributed by atoms with Crippen molar-refractivity contribution in [3.63, 3.8) is 0 Å². The van der Waals surface area contributed by atoms with Crippen molar-refractivity contribution < 1.29 is 8.42 Å². The molecule has 0 atom stereocenters. The van der Waals surface area contributed by atoms with Crippen LogP contribution >= 0.6 is 15.9 Å². The Hall–Kier alpha value is -0.590. The Balaban J connectivity index is 2.00. The molecule has 0 radical (unpaired) electrons. The second kappa shape index (κ2) is 5.59. The van der Waals surface area contributed by atoms with Crippen molar-refractivity contribution in [3.8, 4) is 0 Å². The molecule has 0 unspecified atom stereocenters. The van der Waals surface area contributed by atoms with Crippen LogP contribution in [0, 0.1) is 5.92 Å². The van der Waals surface area contributed by atoms with Gasteiger partial charge in [-0.05, 0) is 46.5 Å². The van der Waals surface area contributed by atoms with Crippen LogP contribution in [-0.2, 0) is 10.0 Å². The van der Waals surface area contributed by atoms with Crippen molar-refractivity contribution in [2.24, 2.45) is 5.92 Å². The van der Waals surface area contributed by atoms with E-state index < -0.39 is 10.0 Å². The van der Waals surface area contributed by atoms with Crippen molar-refractivity contribution in [3.05, 3.63) is 22.7 Å². The summed E-state index contributed by atoms with van der Waals surface area (Å²) in [4.78, 5) is 0.241. The molecule has 2 rings (SSSR count). The Kier molecular flexibility index (Phi) is 4.29. The smallest absolute Gasteiger partial charge is 0.241 e. The topological polar surface area (TPSA) is 72.2 Å². The standard InChI is InChI=1S/C12H17BrN2O2S/c13-11-8-10(14)4-5-12(11)18(16,17)15-7-6-9-2-1-3-9/h4-5,8-9,15H,1-3,6-7,14H2. The molecule has 0 spiro atoms. The van der Waals surface area contributed by atoms with Gasteiger partial charge in [-0.3, -0.25) is 0 Å². The molecule has 6 heteroatoms. The van der Waals surface area contributed by atoms with E-state index in [1.165, 1.54) is 25.3 Å². The van der Waals surface area contributed by atoms with Gasteiger partial charge in [0, 0.05) is 16.7 Å². The van der Waals surface area contributed by atoms with E-state index >= 15 is 0 Å². The van der Waals surface area contributed by atoms with Crippen LogP contribution in [0.1, 0.15) is 25.7 Å². The van der Waals surface area contributed by atoms with Gasteiger partial charge < -0.3 is 5.73 Å². The molecule has 0 amide bonds. The third kappa shape index (κ3) is 3.24.